The number of non-ortho nitro benzene ring substituents is 1. The van der Waals surface area contributed by atoms with E-state index in [1.54, 1.807) is 24.3 Å². The molecule has 160 valence electrons. The van der Waals surface area contributed by atoms with Gasteiger partial charge < -0.3 is 10.1 Å². The molecule has 0 aliphatic carbocycles. The van der Waals surface area contributed by atoms with Crippen molar-refractivity contribution < 1.29 is 14.5 Å². The maximum absolute atomic E-state index is 12.5. The summed E-state index contributed by atoms with van der Waals surface area (Å²) in [5.74, 6) is -0.0238. The monoisotopic (exact) mass is 559 g/mol. The number of anilines is 1. The van der Waals surface area contributed by atoms with Crippen molar-refractivity contribution in [3.63, 3.8) is 0 Å². The van der Waals surface area contributed by atoms with Gasteiger partial charge in [0.25, 0.3) is 11.6 Å². The lowest BCUT2D eigenvalue weighted by Gasteiger charge is -2.10. The molecule has 9 heteroatoms. The van der Waals surface area contributed by atoms with Crippen molar-refractivity contribution in [2.45, 2.75) is 6.61 Å². The average Bonchev–Trinajstić information content (AvgIpc) is 2.78. The molecule has 0 aromatic heterocycles. The summed E-state index contributed by atoms with van der Waals surface area (Å²) in [4.78, 5) is 22.8. The number of nitro groups is 1. The fourth-order valence-electron chi connectivity index (χ4n) is 2.71. The molecule has 0 bridgehead atoms. The van der Waals surface area contributed by atoms with Crippen molar-refractivity contribution in [1.82, 2.24) is 0 Å². The van der Waals surface area contributed by atoms with E-state index < -0.39 is 10.8 Å². The molecule has 7 nitrogen and oxygen atoms in total. The molecule has 32 heavy (non-hydrogen) atoms. The predicted octanol–water partition coefficient (Wildman–Crippen LogP) is 5.98. The van der Waals surface area contributed by atoms with Crippen LogP contribution in [-0.4, -0.2) is 10.8 Å². The average molecular weight is 560 g/mol. The lowest BCUT2D eigenvalue weighted by molar-refractivity contribution is -0.384. The summed E-state index contributed by atoms with van der Waals surface area (Å²) in [7, 11) is 0. The van der Waals surface area contributed by atoms with E-state index in [9.17, 15) is 20.2 Å². The first-order valence-electron chi connectivity index (χ1n) is 9.20. The van der Waals surface area contributed by atoms with Crippen molar-refractivity contribution in [1.29, 1.82) is 5.26 Å². The quantitative estimate of drug-likeness (QED) is 0.126. The molecule has 0 heterocycles. The third kappa shape index (κ3) is 6.06. The molecule has 1 N–H and O–H groups in total. The molecule has 3 rings (SSSR count). The lowest BCUT2D eigenvalue weighted by atomic mass is 10.1. The van der Waals surface area contributed by atoms with Crippen LogP contribution in [0.5, 0.6) is 5.75 Å². The summed E-state index contributed by atoms with van der Waals surface area (Å²) in [6.45, 7) is 0.305. The fourth-order valence-corrected chi connectivity index (χ4v) is 3.59. The summed E-state index contributed by atoms with van der Waals surface area (Å²) < 4.78 is 6.63. The molecule has 0 unspecified atom stereocenters. The minimum atomic E-state index is -0.665. The summed E-state index contributed by atoms with van der Waals surface area (Å²) in [5, 5.41) is 23.4. The Labute approximate surface area is 202 Å². The number of nitriles is 1. The number of hydrogen-bond acceptors (Lipinski definition) is 5. The largest absolute Gasteiger partial charge is 0.488 e. The van der Waals surface area contributed by atoms with E-state index in [2.05, 4.69) is 27.9 Å². The Balaban J connectivity index is 1.73. The molecule has 0 saturated heterocycles. The highest BCUT2D eigenvalue weighted by atomic mass is 127. The standard InChI is InChI=1S/C23H15ClIN3O4/c24-20-7-2-1-4-16(20)14-32-22-9-8-15(11-21(22)25)10-17(13-26)23(29)27-18-5-3-6-19(12-18)28(30)31/h1-12H,14H2,(H,27,29)/b17-10+. The second-order valence-electron chi connectivity index (χ2n) is 6.50. The van der Waals surface area contributed by atoms with Crippen LogP contribution in [0.25, 0.3) is 6.08 Å². The molecule has 0 fully saturated rings. The van der Waals surface area contributed by atoms with Crippen LogP contribution < -0.4 is 10.1 Å². The Hall–Kier alpha value is -3.42. The van der Waals surface area contributed by atoms with Gasteiger partial charge in [-0.3, -0.25) is 14.9 Å². The number of amides is 1. The van der Waals surface area contributed by atoms with Crippen molar-refractivity contribution in [2.75, 3.05) is 5.32 Å². The first kappa shape index (κ1) is 23.2. The SMILES string of the molecule is N#C/C(=C\c1ccc(OCc2ccccc2Cl)c(I)c1)C(=O)Nc1cccc([N+](=O)[O-])c1. The topological polar surface area (TPSA) is 105 Å². The van der Waals surface area contributed by atoms with E-state index >= 15 is 0 Å². The third-order valence-electron chi connectivity index (χ3n) is 4.29. The summed E-state index contributed by atoms with van der Waals surface area (Å²) in [5.41, 5.74) is 1.41. The van der Waals surface area contributed by atoms with Crippen LogP contribution in [0.4, 0.5) is 11.4 Å². The molecular formula is C23H15ClIN3O4. The van der Waals surface area contributed by atoms with Gasteiger partial charge in [0.15, 0.2) is 0 Å². The molecule has 0 spiro atoms. The van der Waals surface area contributed by atoms with Crippen LogP contribution >= 0.6 is 34.2 Å². The van der Waals surface area contributed by atoms with Gasteiger partial charge in [0.2, 0.25) is 0 Å². The number of halogens is 2. The number of benzene rings is 3. The van der Waals surface area contributed by atoms with E-state index in [-0.39, 0.29) is 16.9 Å². The van der Waals surface area contributed by atoms with E-state index in [0.717, 1.165) is 9.13 Å². The number of ether oxygens (including phenoxy) is 1. The third-order valence-corrected chi connectivity index (χ3v) is 5.50. The zero-order valence-corrected chi connectivity index (χ0v) is 19.3. The minimum absolute atomic E-state index is 0.142. The Morgan fingerprint density at radius 2 is 1.97 bits per heavy atom. The van der Waals surface area contributed by atoms with Gasteiger partial charge >= 0.3 is 0 Å². The Kier molecular flexibility index (Phi) is 7.81. The van der Waals surface area contributed by atoms with Gasteiger partial charge in [-0.1, -0.05) is 41.9 Å². The maximum Gasteiger partial charge on any atom is 0.271 e. The zero-order chi connectivity index (χ0) is 23.1. The minimum Gasteiger partial charge on any atom is -0.488 e. The zero-order valence-electron chi connectivity index (χ0n) is 16.4. The summed E-state index contributed by atoms with van der Waals surface area (Å²) >= 11 is 8.26. The molecular weight excluding hydrogens is 545 g/mol. The van der Waals surface area contributed by atoms with E-state index in [1.165, 1.54) is 30.3 Å². The van der Waals surface area contributed by atoms with Crippen LogP contribution in [0.3, 0.4) is 0 Å². The molecule has 1 amide bonds. The van der Waals surface area contributed by atoms with Crippen LogP contribution in [-0.2, 0) is 11.4 Å². The number of nitrogens with zero attached hydrogens (tertiary/aromatic N) is 2. The highest BCUT2D eigenvalue weighted by Gasteiger charge is 2.13. The Morgan fingerprint density at radius 3 is 2.66 bits per heavy atom. The number of rotatable bonds is 7. The molecule has 0 aliphatic heterocycles. The number of nitro benzene ring substituents is 1. The first-order valence-corrected chi connectivity index (χ1v) is 10.7. The number of nitrogens with one attached hydrogen (secondary N) is 1. The number of carbonyl (C=O) groups excluding carboxylic acids is 1. The van der Waals surface area contributed by atoms with Crippen LogP contribution in [0.2, 0.25) is 5.02 Å². The van der Waals surface area contributed by atoms with Gasteiger partial charge in [-0.15, -0.1) is 0 Å². The highest BCUT2D eigenvalue weighted by molar-refractivity contribution is 14.1. The number of hydrogen-bond donors (Lipinski definition) is 1. The van der Waals surface area contributed by atoms with Crippen molar-refractivity contribution in [2.24, 2.45) is 0 Å². The van der Waals surface area contributed by atoms with Crippen molar-refractivity contribution in [3.05, 3.63) is 102 Å². The van der Waals surface area contributed by atoms with Crippen LogP contribution in [0, 0.1) is 25.0 Å². The molecule has 0 aliphatic rings. The molecule has 3 aromatic carbocycles. The normalized spacial score (nSPS) is 10.8. The van der Waals surface area contributed by atoms with Crippen molar-refractivity contribution >= 4 is 57.5 Å². The predicted molar refractivity (Wildman–Crippen MR) is 130 cm³/mol. The smallest absolute Gasteiger partial charge is 0.271 e. The maximum atomic E-state index is 12.5. The van der Waals surface area contributed by atoms with Gasteiger partial charge in [0.1, 0.15) is 24.0 Å². The van der Waals surface area contributed by atoms with Gasteiger partial charge in [-0.25, -0.2) is 0 Å². The van der Waals surface area contributed by atoms with Crippen LogP contribution in [0.1, 0.15) is 11.1 Å². The van der Waals surface area contributed by atoms with Gasteiger partial charge in [-0.2, -0.15) is 5.26 Å². The van der Waals surface area contributed by atoms with Crippen molar-refractivity contribution in [3.8, 4) is 11.8 Å². The van der Waals surface area contributed by atoms with Crippen LogP contribution in [0.15, 0.2) is 72.3 Å². The fraction of sp³-hybridized carbons (Fsp3) is 0.0435. The molecule has 0 saturated carbocycles. The lowest BCUT2D eigenvalue weighted by Crippen LogP contribution is -2.13. The van der Waals surface area contributed by atoms with Gasteiger partial charge in [0.05, 0.1) is 8.49 Å². The Morgan fingerprint density at radius 1 is 1.19 bits per heavy atom. The second-order valence-corrected chi connectivity index (χ2v) is 8.07. The van der Waals surface area contributed by atoms with E-state index in [0.29, 0.717) is 22.9 Å². The van der Waals surface area contributed by atoms with Gasteiger partial charge in [0, 0.05) is 28.4 Å². The van der Waals surface area contributed by atoms with E-state index in [1.807, 2.05) is 24.3 Å². The van der Waals surface area contributed by atoms with E-state index in [4.69, 9.17) is 16.3 Å². The Bertz CT molecular complexity index is 1250. The first-order chi connectivity index (χ1) is 15.4. The van der Waals surface area contributed by atoms with Gasteiger partial charge in [-0.05, 0) is 58.5 Å². The summed E-state index contributed by atoms with van der Waals surface area (Å²) in [6.07, 6.45) is 1.44. The molecule has 3 aromatic rings. The highest BCUT2D eigenvalue weighted by Crippen LogP contribution is 2.26. The second kappa shape index (κ2) is 10.7. The summed E-state index contributed by atoms with van der Waals surface area (Å²) in [6, 6.07) is 20.0. The molecule has 0 atom stereocenters. The number of carbonyl (C=O) groups is 1. The molecule has 0 radical (unpaired) electrons.